The number of rotatable bonds is 2. The molecule has 2 aromatic rings. The minimum absolute atomic E-state index is 0. The lowest BCUT2D eigenvalue weighted by atomic mass is 9.95. The van der Waals surface area contributed by atoms with Crippen LogP contribution < -0.4 is 5.32 Å². The number of likely N-dealkylation sites (tertiary alicyclic amines) is 1. The normalized spacial score (nSPS) is 17.5. The summed E-state index contributed by atoms with van der Waals surface area (Å²) in [6.07, 6.45) is 1.83. The average molecular weight is 396 g/mol. The fourth-order valence-corrected chi connectivity index (χ4v) is 3.95. The predicted molar refractivity (Wildman–Crippen MR) is 103 cm³/mol. The van der Waals surface area contributed by atoms with E-state index in [0.29, 0.717) is 16.5 Å². The van der Waals surface area contributed by atoms with E-state index in [1.165, 1.54) is 0 Å². The number of aromatic nitrogens is 3. The van der Waals surface area contributed by atoms with Crippen LogP contribution in [0.4, 0.5) is 0 Å². The van der Waals surface area contributed by atoms with E-state index in [1.54, 1.807) is 0 Å². The van der Waals surface area contributed by atoms with Crippen molar-refractivity contribution in [1.82, 2.24) is 25.0 Å². The van der Waals surface area contributed by atoms with Gasteiger partial charge in [0, 0.05) is 32.1 Å². The summed E-state index contributed by atoms with van der Waals surface area (Å²) in [5.74, 6) is 2.50. The molecule has 1 aromatic heterocycles. The second kappa shape index (κ2) is 7.94. The van der Waals surface area contributed by atoms with E-state index in [-0.39, 0.29) is 18.3 Å². The zero-order valence-electron chi connectivity index (χ0n) is 14.7. The maximum absolute atomic E-state index is 12.8. The first kappa shape index (κ1) is 19.1. The lowest BCUT2D eigenvalue weighted by molar-refractivity contribution is 0.0710. The summed E-state index contributed by atoms with van der Waals surface area (Å²) in [5.41, 5.74) is 1.54. The van der Waals surface area contributed by atoms with E-state index in [4.69, 9.17) is 11.6 Å². The van der Waals surface area contributed by atoms with Crippen molar-refractivity contribution < 1.29 is 4.79 Å². The van der Waals surface area contributed by atoms with E-state index in [2.05, 4.69) is 20.1 Å². The molecule has 1 aromatic carbocycles. The smallest absolute Gasteiger partial charge is 0.255 e. The van der Waals surface area contributed by atoms with Gasteiger partial charge in [-0.25, -0.2) is 0 Å². The number of halogens is 2. The lowest BCUT2D eigenvalue weighted by Gasteiger charge is -2.32. The van der Waals surface area contributed by atoms with Gasteiger partial charge in [0.25, 0.3) is 5.91 Å². The minimum Gasteiger partial charge on any atom is -0.339 e. The zero-order chi connectivity index (χ0) is 17.4. The Morgan fingerprint density at radius 2 is 2.00 bits per heavy atom. The Morgan fingerprint density at radius 3 is 2.77 bits per heavy atom. The van der Waals surface area contributed by atoms with Crippen molar-refractivity contribution in [2.45, 2.75) is 38.8 Å². The first-order valence-corrected chi connectivity index (χ1v) is 9.20. The Bertz CT molecular complexity index is 799. The van der Waals surface area contributed by atoms with Crippen molar-refractivity contribution in [2.75, 3.05) is 19.6 Å². The number of benzene rings is 1. The Labute approximate surface area is 164 Å². The molecule has 0 bridgehead atoms. The fraction of sp³-hybridized carbons (Fsp3) is 0.500. The molecular weight excluding hydrogens is 373 g/mol. The van der Waals surface area contributed by atoms with Crippen molar-refractivity contribution >= 4 is 29.9 Å². The summed E-state index contributed by atoms with van der Waals surface area (Å²) in [6.45, 7) is 6.06. The highest BCUT2D eigenvalue weighted by atomic mass is 35.5. The van der Waals surface area contributed by atoms with E-state index >= 15 is 0 Å². The van der Waals surface area contributed by atoms with E-state index in [0.717, 1.165) is 62.8 Å². The van der Waals surface area contributed by atoms with E-state index in [1.807, 2.05) is 30.0 Å². The molecule has 4 rings (SSSR count). The number of hydrogen-bond acceptors (Lipinski definition) is 4. The SMILES string of the molecule is Cc1cccc(C(=O)N2CCC(c3nnc4n3CCNC4)CC2)c1Cl.Cl. The molecule has 6 nitrogen and oxygen atoms in total. The van der Waals surface area contributed by atoms with Crippen LogP contribution in [0.1, 0.15) is 46.3 Å². The van der Waals surface area contributed by atoms with Crippen LogP contribution in [-0.2, 0) is 13.1 Å². The molecular formula is C18H23Cl2N5O. The van der Waals surface area contributed by atoms with Gasteiger partial charge in [0.05, 0.1) is 17.1 Å². The van der Waals surface area contributed by atoms with Crippen molar-refractivity contribution in [1.29, 1.82) is 0 Å². The van der Waals surface area contributed by atoms with Crippen LogP contribution in [0, 0.1) is 6.92 Å². The van der Waals surface area contributed by atoms with Crippen molar-refractivity contribution in [2.24, 2.45) is 0 Å². The van der Waals surface area contributed by atoms with Gasteiger partial charge in [-0.1, -0.05) is 23.7 Å². The Morgan fingerprint density at radius 1 is 1.23 bits per heavy atom. The van der Waals surface area contributed by atoms with Gasteiger partial charge in [0.1, 0.15) is 11.6 Å². The third kappa shape index (κ3) is 3.46. The molecule has 0 saturated carbocycles. The summed E-state index contributed by atoms with van der Waals surface area (Å²) in [6, 6.07) is 5.62. The molecule has 0 aliphatic carbocycles. The molecule has 0 atom stereocenters. The van der Waals surface area contributed by atoms with Gasteiger partial charge >= 0.3 is 0 Å². The number of hydrogen-bond donors (Lipinski definition) is 1. The molecule has 8 heteroatoms. The summed E-state index contributed by atoms with van der Waals surface area (Å²) < 4.78 is 2.25. The maximum atomic E-state index is 12.8. The molecule has 1 saturated heterocycles. The van der Waals surface area contributed by atoms with Crippen molar-refractivity contribution in [3.8, 4) is 0 Å². The largest absolute Gasteiger partial charge is 0.339 e. The number of carbonyl (C=O) groups excluding carboxylic acids is 1. The number of nitrogens with zero attached hydrogens (tertiary/aromatic N) is 4. The van der Waals surface area contributed by atoms with Gasteiger partial charge in [-0.3, -0.25) is 4.79 Å². The van der Waals surface area contributed by atoms with Crippen LogP contribution in [0.15, 0.2) is 18.2 Å². The number of nitrogens with one attached hydrogen (secondary N) is 1. The third-order valence-electron chi connectivity index (χ3n) is 5.22. The topological polar surface area (TPSA) is 63.1 Å². The number of aryl methyl sites for hydroxylation is 1. The Hall–Kier alpha value is -1.63. The highest BCUT2D eigenvalue weighted by Gasteiger charge is 2.29. The van der Waals surface area contributed by atoms with Crippen LogP contribution in [0.25, 0.3) is 0 Å². The first-order chi connectivity index (χ1) is 12.1. The summed E-state index contributed by atoms with van der Waals surface area (Å²) in [4.78, 5) is 14.7. The van der Waals surface area contributed by atoms with E-state index in [9.17, 15) is 4.79 Å². The first-order valence-electron chi connectivity index (χ1n) is 8.82. The summed E-state index contributed by atoms with van der Waals surface area (Å²) in [5, 5.41) is 12.6. The number of piperidine rings is 1. The number of fused-ring (bicyclic) bond motifs is 1. The van der Waals surface area contributed by atoms with E-state index < -0.39 is 0 Å². The molecule has 0 spiro atoms. The fourth-order valence-electron chi connectivity index (χ4n) is 3.74. The highest BCUT2D eigenvalue weighted by molar-refractivity contribution is 6.34. The van der Waals surface area contributed by atoms with Gasteiger partial charge in [0.2, 0.25) is 0 Å². The zero-order valence-corrected chi connectivity index (χ0v) is 16.3. The molecule has 2 aliphatic heterocycles. The van der Waals surface area contributed by atoms with Crippen molar-refractivity contribution in [3.63, 3.8) is 0 Å². The molecule has 1 fully saturated rings. The standard InChI is InChI=1S/C18H22ClN5O.ClH/c1-12-3-2-4-14(16(12)19)18(25)23-8-5-13(6-9-23)17-22-21-15-11-20-7-10-24(15)17;/h2-4,13,20H,5-11H2,1H3;1H. The Kier molecular flexibility index (Phi) is 5.85. The summed E-state index contributed by atoms with van der Waals surface area (Å²) in [7, 11) is 0. The summed E-state index contributed by atoms with van der Waals surface area (Å²) >= 11 is 6.32. The monoisotopic (exact) mass is 395 g/mol. The van der Waals surface area contributed by atoms with Gasteiger partial charge in [-0.05, 0) is 31.4 Å². The average Bonchev–Trinajstić information content (AvgIpc) is 3.08. The molecule has 2 aliphatic rings. The predicted octanol–water partition coefficient (Wildman–Crippen LogP) is 2.78. The van der Waals surface area contributed by atoms with Gasteiger partial charge in [-0.15, -0.1) is 22.6 Å². The van der Waals surface area contributed by atoms with Crippen LogP contribution in [0.2, 0.25) is 5.02 Å². The van der Waals surface area contributed by atoms with Crippen LogP contribution in [0.5, 0.6) is 0 Å². The minimum atomic E-state index is 0. The lowest BCUT2D eigenvalue weighted by Crippen LogP contribution is -2.39. The second-order valence-electron chi connectivity index (χ2n) is 6.81. The van der Waals surface area contributed by atoms with Crippen LogP contribution >= 0.6 is 24.0 Å². The highest BCUT2D eigenvalue weighted by Crippen LogP contribution is 2.30. The van der Waals surface area contributed by atoms with Crippen molar-refractivity contribution in [3.05, 3.63) is 46.0 Å². The quantitative estimate of drug-likeness (QED) is 0.848. The molecule has 1 N–H and O–H groups in total. The molecule has 3 heterocycles. The Balaban J connectivity index is 0.00000196. The molecule has 26 heavy (non-hydrogen) atoms. The van der Waals surface area contributed by atoms with Gasteiger partial charge in [0.15, 0.2) is 0 Å². The van der Waals surface area contributed by atoms with Crippen LogP contribution in [-0.4, -0.2) is 45.2 Å². The number of amides is 1. The van der Waals surface area contributed by atoms with Gasteiger partial charge in [-0.2, -0.15) is 0 Å². The molecule has 0 radical (unpaired) electrons. The molecule has 1 amide bonds. The molecule has 140 valence electrons. The number of carbonyl (C=O) groups is 1. The maximum Gasteiger partial charge on any atom is 0.255 e. The third-order valence-corrected chi connectivity index (χ3v) is 5.72. The second-order valence-corrected chi connectivity index (χ2v) is 7.18. The molecule has 0 unspecified atom stereocenters. The van der Waals surface area contributed by atoms with Crippen LogP contribution in [0.3, 0.4) is 0 Å². The van der Waals surface area contributed by atoms with Gasteiger partial charge < -0.3 is 14.8 Å².